The first-order chi connectivity index (χ1) is 10.1. The van der Waals surface area contributed by atoms with Crippen LogP contribution in [0, 0.1) is 11.8 Å². The quantitative estimate of drug-likeness (QED) is 0.836. The number of hydrogen-bond acceptors (Lipinski definition) is 3. The van der Waals surface area contributed by atoms with Gasteiger partial charge in [-0.25, -0.2) is 0 Å². The van der Waals surface area contributed by atoms with Gasteiger partial charge in [-0.15, -0.1) is 0 Å². The molecule has 1 aromatic carbocycles. The van der Waals surface area contributed by atoms with Crippen LogP contribution in [-0.2, 0) is 4.74 Å². The molecule has 0 bridgehead atoms. The van der Waals surface area contributed by atoms with E-state index < -0.39 is 0 Å². The molecule has 1 aliphatic rings. The summed E-state index contributed by atoms with van der Waals surface area (Å²) in [4.78, 5) is 12.1. The van der Waals surface area contributed by atoms with Crippen molar-refractivity contribution in [2.45, 2.75) is 31.9 Å². The van der Waals surface area contributed by atoms with Gasteiger partial charge in [-0.2, -0.15) is 0 Å². The number of carbonyl (C=O) groups is 1. The van der Waals surface area contributed by atoms with Crippen LogP contribution in [0.1, 0.15) is 35.7 Å². The zero-order chi connectivity index (χ0) is 15.2. The molecular weight excluding hydrogens is 290 g/mol. The molecule has 5 heteroatoms. The average Bonchev–Trinajstić information content (AvgIpc) is 2.43. The topological polar surface area (TPSA) is 58.6 Å². The van der Waals surface area contributed by atoms with Crippen molar-refractivity contribution in [3.8, 4) is 11.8 Å². The van der Waals surface area contributed by atoms with Crippen LogP contribution in [0.3, 0.4) is 0 Å². The van der Waals surface area contributed by atoms with E-state index in [1.807, 2.05) is 6.92 Å². The van der Waals surface area contributed by atoms with E-state index >= 15 is 0 Å². The fraction of sp³-hybridized carbons (Fsp3) is 0.438. The van der Waals surface area contributed by atoms with Crippen molar-refractivity contribution in [2.75, 3.05) is 13.2 Å². The van der Waals surface area contributed by atoms with E-state index in [-0.39, 0.29) is 24.7 Å². The fourth-order valence-electron chi connectivity index (χ4n) is 2.22. The van der Waals surface area contributed by atoms with Crippen molar-refractivity contribution in [1.29, 1.82) is 0 Å². The lowest BCUT2D eigenvalue weighted by Crippen LogP contribution is -2.47. The van der Waals surface area contributed by atoms with Gasteiger partial charge in [-0.05, 0) is 38.0 Å². The van der Waals surface area contributed by atoms with Crippen LogP contribution in [0.2, 0.25) is 5.02 Å². The molecule has 0 atom stereocenters. The van der Waals surface area contributed by atoms with Crippen molar-refractivity contribution >= 4 is 17.5 Å². The lowest BCUT2D eigenvalue weighted by molar-refractivity contribution is -0.00862. The minimum absolute atomic E-state index is 0.140. The first-order valence-corrected chi connectivity index (χ1v) is 7.33. The zero-order valence-corrected chi connectivity index (χ0v) is 12.6. The Bertz CT molecular complexity index is 571. The van der Waals surface area contributed by atoms with Crippen LogP contribution < -0.4 is 5.32 Å². The number of hydrogen-bond donors (Lipinski definition) is 2. The SMILES string of the molecule is CCOC1CC(NC(=O)c2ccc(C#CCO)c(Cl)c2)C1. The average molecular weight is 308 g/mol. The third-order valence-corrected chi connectivity index (χ3v) is 3.68. The molecule has 2 N–H and O–H groups in total. The Balaban J connectivity index is 1.93. The zero-order valence-electron chi connectivity index (χ0n) is 11.9. The predicted molar refractivity (Wildman–Crippen MR) is 81.3 cm³/mol. The maximum atomic E-state index is 12.1. The standard InChI is InChI=1S/C16H18ClNO3/c1-2-21-14-9-13(10-14)18-16(20)12-6-5-11(4-3-7-19)15(17)8-12/h5-6,8,13-14,19H,2,7,9-10H2,1H3,(H,18,20). The molecule has 1 aliphatic carbocycles. The fourth-order valence-corrected chi connectivity index (χ4v) is 2.44. The van der Waals surface area contributed by atoms with Gasteiger partial charge in [-0.1, -0.05) is 23.4 Å². The van der Waals surface area contributed by atoms with Gasteiger partial charge in [0.05, 0.1) is 11.1 Å². The molecule has 0 saturated heterocycles. The summed E-state index contributed by atoms with van der Waals surface area (Å²) < 4.78 is 5.46. The molecule has 4 nitrogen and oxygen atoms in total. The van der Waals surface area contributed by atoms with Crippen molar-refractivity contribution in [3.63, 3.8) is 0 Å². The molecule has 0 radical (unpaired) electrons. The molecule has 0 unspecified atom stereocenters. The van der Waals surface area contributed by atoms with Gasteiger partial charge in [0.2, 0.25) is 0 Å². The van der Waals surface area contributed by atoms with E-state index in [1.165, 1.54) is 0 Å². The molecule has 1 fully saturated rings. The summed E-state index contributed by atoms with van der Waals surface area (Å²) in [6.45, 7) is 2.45. The Hall–Kier alpha value is -1.54. The highest BCUT2D eigenvalue weighted by Crippen LogP contribution is 2.24. The highest BCUT2D eigenvalue weighted by atomic mass is 35.5. The Kier molecular flexibility index (Phi) is 5.63. The Morgan fingerprint density at radius 1 is 1.52 bits per heavy atom. The number of aliphatic hydroxyl groups is 1. The summed E-state index contributed by atoms with van der Waals surface area (Å²) in [7, 11) is 0. The molecular formula is C16H18ClNO3. The minimum atomic E-state index is -0.221. The van der Waals surface area contributed by atoms with Crippen LogP contribution in [-0.4, -0.2) is 36.4 Å². The second kappa shape index (κ2) is 7.46. The van der Waals surface area contributed by atoms with E-state index in [2.05, 4.69) is 17.2 Å². The molecule has 0 aliphatic heterocycles. The first kappa shape index (κ1) is 15.8. The summed E-state index contributed by atoms with van der Waals surface area (Å²) in [5.74, 6) is 5.12. The second-order valence-electron chi connectivity index (χ2n) is 4.87. The van der Waals surface area contributed by atoms with Crippen LogP contribution in [0.25, 0.3) is 0 Å². The molecule has 1 saturated carbocycles. The number of carbonyl (C=O) groups excluding carboxylic acids is 1. The summed E-state index contributed by atoms with van der Waals surface area (Å²) >= 11 is 6.07. The third kappa shape index (κ3) is 4.21. The maximum Gasteiger partial charge on any atom is 0.251 e. The van der Waals surface area contributed by atoms with Crippen LogP contribution >= 0.6 is 11.6 Å². The lowest BCUT2D eigenvalue weighted by atomic mass is 9.89. The molecule has 0 heterocycles. The van der Waals surface area contributed by atoms with Crippen molar-refractivity contribution in [3.05, 3.63) is 34.3 Å². The number of nitrogens with one attached hydrogen (secondary N) is 1. The Morgan fingerprint density at radius 3 is 2.90 bits per heavy atom. The lowest BCUT2D eigenvalue weighted by Gasteiger charge is -2.35. The predicted octanol–water partition coefficient (Wildman–Crippen LogP) is 1.98. The summed E-state index contributed by atoms with van der Waals surface area (Å²) in [5, 5.41) is 12.0. The minimum Gasteiger partial charge on any atom is -0.384 e. The van der Waals surface area contributed by atoms with Crippen LogP contribution in [0.5, 0.6) is 0 Å². The Labute approximate surface area is 129 Å². The van der Waals surface area contributed by atoms with Gasteiger partial charge >= 0.3 is 0 Å². The van der Waals surface area contributed by atoms with Crippen molar-refractivity contribution in [2.24, 2.45) is 0 Å². The van der Waals surface area contributed by atoms with E-state index in [4.69, 9.17) is 21.4 Å². The summed E-state index contributed by atoms with van der Waals surface area (Å²) in [5.41, 5.74) is 1.11. The van der Waals surface area contributed by atoms with Crippen molar-refractivity contribution in [1.82, 2.24) is 5.32 Å². The number of ether oxygens (including phenoxy) is 1. The van der Waals surface area contributed by atoms with Gasteiger partial charge in [0.1, 0.15) is 6.61 Å². The molecule has 0 aromatic heterocycles. The second-order valence-corrected chi connectivity index (χ2v) is 5.28. The number of amides is 1. The normalized spacial score (nSPS) is 20.1. The number of rotatable bonds is 4. The highest BCUT2D eigenvalue weighted by molar-refractivity contribution is 6.32. The van der Waals surface area contributed by atoms with Gasteiger partial charge in [0, 0.05) is 23.8 Å². The number of benzene rings is 1. The third-order valence-electron chi connectivity index (χ3n) is 3.37. The molecule has 0 spiro atoms. The van der Waals surface area contributed by atoms with E-state index in [0.717, 1.165) is 12.8 Å². The first-order valence-electron chi connectivity index (χ1n) is 6.95. The smallest absolute Gasteiger partial charge is 0.251 e. The number of aliphatic hydroxyl groups excluding tert-OH is 1. The van der Waals surface area contributed by atoms with E-state index in [0.29, 0.717) is 22.8 Å². The maximum absolute atomic E-state index is 12.1. The summed E-state index contributed by atoms with van der Waals surface area (Å²) in [6.07, 6.45) is 1.97. The molecule has 21 heavy (non-hydrogen) atoms. The van der Waals surface area contributed by atoms with Crippen LogP contribution in [0.4, 0.5) is 0 Å². The Morgan fingerprint density at radius 2 is 2.29 bits per heavy atom. The molecule has 2 rings (SSSR count). The molecule has 1 aromatic rings. The van der Waals surface area contributed by atoms with Gasteiger partial charge < -0.3 is 15.2 Å². The van der Waals surface area contributed by atoms with Crippen molar-refractivity contribution < 1.29 is 14.6 Å². The molecule has 112 valence electrons. The highest BCUT2D eigenvalue weighted by Gasteiger charge is 2.30. The monoisotopic (exact) mass is 307 g/mol. The number of halogens is 1. The largest absolute Gasteiger partial charge is 0.384 e. The molecule has 1 amide bonds. The van der Waals surface area contributed by atoms with E-state index in [1.54, 1.807) is 18.2 Å². The summed E-state index contributed by atoms with van der Waals surface area (Å²) in [6, 6.07) is 5.13. The van der Waals surface area contributed by atoms with Gasteiger partial charge in [-0.3, -0.25) is 4.79 Å². The van der Waals surface area contributed by atoms with E-state index in [9.17, 15) is 4.79 Å². The van der Waals surface area contributed by atoms with Gasteiger partial charge in [0.15, 0.2) is 0 Å². The van der Waals surface area contributed by atoms with Gasteiger partial charge in [0.25, 0.3) is 5.91 Å². The van der Waals surface area contributed by atoms with Crippen LogP contribution in [0.15, 0.2) is 18.2 Å².